The summed E-state index contributed by atoms with van der Waals surface area (Å²) >= 11 is 0. The Hall–Kier alpha value is -2.69. The van der Waals surface area contributed by atoms with Gasteiger partial charge in [-0.05, 0) is 44.7 Å². The fraction of sp³-hybridized carbons (Fsp3) is 0.750. The SMILES string of the molecule is O=C1CC[C@@H](C(=O)N2CCN(C(=O)N3C(=O)[C@H](CC4CCNCC4)[C@H]3C(=O)O)CC2)N1. The highest BCUT2D eigenvalue weighted by Gasteiger charge is 2.56. The van der Waals surface area contributed by atoms with E-state index in [1.807, 2.05) is 0 Å². The number of piperazine rings is 1. The van der Waals surface area contributed by atoms with Crippen LogP contribution in [0.15, 0.2) is 0 Å². The summed E-state index contributed by atoms with van der Waals surface area (Å²) in [7, 11) is 0. The van der Waals surface area contributed by atoms with Crippen LogP contribution in [0.1, 0.15) is 32.1 Å². The van der Waals surface area contributed by atoms with E-state index in [0.717, 1.165) is 30.8 Å². The lowest BCUT2D eigenvalue weighted by atomic mass is 9.78. The van der Waals surface area contributed by atoms with Gasteiger partial charge in [-0.15, -0.1) is 0 Å². The van der Waals surface area contributed by atoms with Crippen LogP contribution < -0.4 is 10.6 Å². The van der Waals surface area contributed by atoms with Crippen molar-refractivity contribution in [2.45, 2.75) is 44.2 Å². The van der Waals surface area contributed by atoms with E-state index in [9.17, 15) is 29.1 Å². The number of likely N-dealkylation sites (tertiary alicyclic amines) is 1. The van der Waals surface area contributed by atoms with E-state index in [-0.39, 0.29) is 38.0 Å². The molecule has 31 heavy (non-hydrogen) atoms. The summed E-state index contributed by atoms with van der Waals surface area (Å²) < 4.78 is 0. The molecule has 4 rings (SSSR count). The molecule has 0 bridgehead atoms. The second-order valence-corrected chi connectivity index (χ2v) is 8.78. The van der Waals surface area contributed by atoms with E-state index < -0.39 is 35.9 Å². The van der Waals surface area contributed by atoms with Crippen molar-refractivity contribution in [2.24, 2.45) is 11.8 Å². The first-order valence-electron chi connectivity index (χ1n) is 11.0. The number of rotatable bonds is 4. The molecule has 4 saturated heterocycles. The molecule has 0 aromatic heterocycles. The molecule has 0 radical (unpaired) electrons. The minimum absolute atomic E-state index is 0.137. The van der Waals surface area contributed by atoms with Crippen LogP contribution in [-0.4, -0.2) is 101 Å². The predicted molar refractivity (Wildman–Crippen MR) is 107 cm³/mol. The molecule has 11 heteroatoms. The molecule has 4 heterocycles. The third kappa shape index (κ3) is 4.23. The maximum atomic E-state index is 12.9. The van der Waals surface area contributed by atoms with Crippen molar-refractivity contribution >= 4 is 29.7 Å². The first-order chi connectivity index (χ1) is 14.9. The van der Waals surface area contributed by atoms with Gasteiger partial charge < -0.3 is 25.5 Å². The summed E-state index contributed by atoms with van der Waals surface area (Å²) in [5.74, 6) is -2.23. The van der Waals surface area contributed by atoms with Crippen LogP contribution in [0.3, 0.4) is 0 Å². The highest BCUT2D eigenvalue weighted by Crippen LogP contribution is 2.35. The number of β-lactam (4-membered cyclic amide) rings is 1. The molecule has 0 aromatic carbocycles. The quantitative estimate of drug-likeness (QED) is 0.473. The molecule has 170 valence electrons. The van der Waals surface area contributed by atoms with Gasteiger partial charge in [-0.1, -0.05) is 0 Å². The van der Waals surface area contributed by atoms with E-state index in [2.05, 4.69) is 10.6 Å². The molecule has 11 nitrogen and oxygen atoms in total. The van der Waals surface area contributed by atoms with Crippen LogP contribution in [0.5, 0.6) is 0 Å². The number of urea groups is 1. The van der Waals surface area contributed by atoms with Crippen LogP contribution in [0.4, 0.5) is 4.79 Å². The number of hydrogen-bond acceptors (Lipinski definition) is 6. The number of carboxylic acid groups (broad SMARTS) is 1. The Morgan fingerprint density at radius 1 is 0.968 bits per heavy atom. The van der Waals surface area contributed by atoms with Crippen molar-refractivity contribution in [3.8, 4) is 0 Å². The number of hydrogen-bond donors (Lipinski definition) is 3. The van der Waals surface area contributed by atoms with Gasteiger partial charge in [-0.3, -0.25) is 14.4 Å². The molecule has 0 aliphatic carbocycles. The lowest BCUT2D eigenvalue weighted by Crippen LogP contribution is -2.70. The molecular weight excluding hydrogens is 406 g/mol. The van der Waals surface area contributed by atoms with Gasteiger partial charge >= 0.3 is 12.0 Å². The highest BCUT2D eigenvalue weighted by molar-refractivity contribution is 6.07. The minimum Gasteiger partial charge on any atom is -0.480 e. The Bertz CT molecular complexity index is 774. The second-order valence-electron chi connectivity index (χ2n) is 8.78. The van der Waals surface area contributed by atoms with E-state index in [1.165, 1.54) is 4.90 Å². The fourth-order valence-electron chi connectivity index (χ4n) is 5.04. The maximum Gasteiger partial charge on any atom is 0.327 e. The van der Waals surface area contributed by atoms with Crippen molar-refractivity contribution in [1.82, 2.24) is 25.3 Å². The van der Waals surface area contributed by atoms with Crippen molar-refractivity contribution in [3.63, 3.8) is 0 Å². The number of carboxylic acids is 1. The van der Waals surface area contributed by atoms with Crippen molar-refractivity contribution in [1.29, 1.82) is 0 Å². The van der Waals surface area contributed by atoms with Gasteiger partial charge in [0.2, 0.25) is 17.7 Å². The van der Waals surface area contributed by atoms with Gasteiger partial charge in [0, 0.05) is 32.6 Å². The van der Waals surface area contributed by atoms with Gasteiger partial charge in [0.1, 0.15) is 6.04 Å². The topological polar surface area (TPSA) is 139 Å². The predicted octanol–water partition coefficient (Wildman–Crippen LogP) is -1.17. The minimum atomic E-state index is -1.15. The number of amides is 5. The van der Waals surface area contributed by atoms with Crippen LogP contribution in [0.2, 0.25) is 0 Å². The molecule has 4 aliphatic rings. The summed E-state index contributed by atoms with van der Waals surface area (Å²) in [6.07, 6.45) is 3.11. The fourth-order valence-corrected chi connectivity index (χ4v) is 5.04. The number of nitrogens with one attached hydrogen (secondary N) is 2. The van der Waals surface area contributed by atoms with Crippen LogP contribution in [-0.2, 0) is 19.2 Å². The Morgan fingerprint density at radius 2 is 1.61 bits per heavy atom. The molecule has 3 N–H and O–H groups in total. The van der Waals surface area contributed by atoms with Crippen LogP contribution in [0, 0.1) is 11.8 Å². The van der Waals surface area contributed by atoms with E-state index in [1.54, 1.807) is 4.90 Å². The Balaban J connectivity index is 1.32. The maximum absolute atomic E-state index is 12.9. The number of carbonyl (C=O) groups is 5. The summed E-state index contributed by atoms with van der Waals surface area (Å²) in [6.45, 7) is 2.74. The lowest BCUT2D eigenvalue weighted by Gasteiger charge is -2.47. The third-order valence-electron chi connectivity index (χ3n) is 6.87. The Morgan fingerprint density at radius 3 is 2.19 bits per heavy atom. The molecule has 0 unspecified atom stereocenters. The standard InChI is InChI=1S/C20H29N5O6/c26-15-2-1-14(22-15)18(28)23-7-9-24(10-8-23)20(31)25-16(19(29)30)13(17(25)27)11-12-3-5-21-6-4-12/h12-14,16,21H,1-11H2,(H,22,26)(H,29,30)/t13-,14+,16+/m1/s1. The van der Waals surface area contributed by atoms with E-state index in [0.29, 0.717) is 25.2 Å². The lowest BCUT2D eigenvalue weighted by molar-refractivity contribution is -0.167. The summed E-state index contributed by atoms with van der Waals surface area (Å²) in [6, 6.07) is -2.23. The summed E-state index contributed by atoms with van der Waals surface area (Å²) in [5, 5.41) is 15.6. The summed E-state index contributed by atoms with van der Waals surface area (Å²) in [5.41, 5.74) is 0. The van der Waals surface area contributed by atoms with E-state index >= 15 is 0 Å². The first kappa shape index (κ1) is 21.5. The summed E-state index contributed by atoms with van der Waals surface area (Å²) in [4.78, 5) is 65.2. The zero-order chi connectivity index (χ0) is 22.1. The molecule has 5 amide bonds. The van der Waals surface area contributed by atoms with Crippen molar-refractivity contribution in [3.05, 3.63) is 0 Å². The molecule has 4 fully saturated rings. The average Bonchev–Trinajstić information content (AvgIpc) is 3.21. The molecule has 0 aromatic rings. The van der Waals surface area contributed by atoms with Gasteiger partial charge in [-0.25, -0.2) is 14.5 Å². The number of aliphatic carboxylic acids is 1. The Kier molecular flexibility index (Phi) is 6.12. The zero-order valence-corrected chi connectivity index (χ0v) is 17.4. The molecule has 0 saturated carbocycles. The van der Waals surface area contributed by atoms with Crippen LogP contribution in [0.25, 0.3) is 0 Å². The zero-order valence-electron chi connectivity index (χ0n) is 17.4. The van der Waals surface area contributed by atoms with Gasteiger partial charge in [0.25, 0.3) is 0 Å². The van der Waals surface area contributed by atoms with Crippen molar-refractivity contribution in [2.75, 3.05) is 39.3 Å². The molecule has 3 atom stereocenters. The van der Waals surface area contributed by atoms with Gasteiger partial charge in [0.15, 0.2) is 6.04 Å². The Labute approximate surface area is 180 Å². The molecule has 0 spiro atoms. The monoisotopic (exact) mass is 435 g/mol. The largest absolute Gasteiger partial charge is 0.480 e. The van der Waals surface area contributed by atoms with Crippen molar-refractivity contribution < 1.29 is 29.1 Å². The number of carbonyl (C=O) groups excluding carboxylic acids is 4. The third-order valence-corrected chi connectivity index (χ3v) is 6.87. The molecular formula is C20H29N5O6. The molecule has 4 aliphatic heterocycles. The smallest absolute Gasteiger partial charge is 0.327 e. The van der Waals surface area contributed by atoms with Crippen LogP contribution >= 0.6 is 0 Å². The van der Waals surface area contributed by atoms with E-state index in [4.69, 9.17) is 0 Å². The number of piperidine rings is 1. The number of imide groups is 1. The highest BCUT2D eigenvalue weighted by atomic mass is 16.4. The second kappa shape index (κ2) is 8.81. The normalized spacial score (nSPS) is 29.5. The van der Waals surface area contributed by atoms with Gasteiger partial charge in [-0.2, -0.15) is 0 Å². The average molecular weight is 435 g/mol. The first-order valence-corrected chi connectivity index (χ1v) is 11.0. The number of nitrogens with zero attached hydrogens (tertiary/aromatic N) is 3. The van der Waals surface area contributed by atoms with Gasteiger partial charge in [0.05, 0.1) is 5.92 Å².